The van der Waals surface area contributed by atoms with E-state index in [9.17, 15) is 0 Å². The Morgan fingerprint density at radius 2 is 0.844 bits per heavy atom. The van der Waals surface area contributed by atoms with Gasteiger partial charge in [0.25, 0.3) is 0 Å². The molecule has 1 aromatic carbocycles. The predicted molar refractivity (Wildman–Crippen MR) is 127 cm³/mol. The molecule has 5 heteroatoms. The van der Waals surface area contributed by atoms with Gasteiger partial charge >= 0.3 is 0 Å². The van der Waals surface area contributed by atoms with Crippen molar-refractivity contribution in [2.45, 2.75) is 26.2 Å². The fraction of sp³-hybridized carbons (Fsp3) is 0.222. The maximum absolute atomic E-state index is 4.55. The van der Waals surface area contributed by atoms with E-state index < -0.39 is 0 Å². The lowest BCUT2D eigenvalue weighted by molar-refractivity contribution is 0.179. The smallest absolute Gasteiger partial charge is 0.0544 e. The van der Waals surface area contributed by atoms with Crippen molar-refractivity contribution in [3.05, 3.63) is 126 Å². The second-order valence-electron chi connectivity index (χ2n) is 7.87. The van der Waals surface area contributed by atoms with Crippen LogP contribution in [0.25, 0.3) is 0 Å². The van der Waals surface area contributed by atoms with E-state index in [2.05, 4.69) is 79.3 Å². The molecule has 0 amide bonds. The molecule has 0 unspecified atom stereocenters. The summed E-state index contributed by atoms with van der Waals surface area (Å²) in [7, 11) is 0. The Morgan fingerprint density at radius 1 is 0.438 bits per heavy atom. The molecule has 0 fully saturated rings. The topological polar surface area (TPSA) is 45.2 Å². The van der Waals surface area contributed by atoms with E-state index in [1.807, 2.05) is 48.9 Å². The largest absolute Gasteiger partial charge is 0.292 e. The van der Waals surface area contributed by atoms with Crippen LogP contribution in [0.4, 0.5) is 0 Å². The van der Waals surface area contributed by atoms with Gasteiger partial charge in [-0.2, -0.15) is 0 Å². The number of benzene rings is 1. The average Bonchev–Trinajstić information content (AvgIpc) is 2.85. The summed E-state index contributed by atoms with van der Waals surface area (Å²) in [4.78, 5) is 18.5. The molecule has 0 radical (unpaired) electrons. The first kappa shape index (κ1) is 21.8. The van der Waals surface area contributed by atoms with Crippen LogP contribution in [-0.2, 0) is 26.2 Å². The highest BCUT2D eigenvalue weighted by molar-refractivity contribution is 5.15. The molecule has 4 aromatic rings. The second kappa shape index (κ2) is 11.8. The SMILES string of the molecule is c1ccc(CN(CCN(Cc2ccccn2)Cc2ccccn2)Cc2ccccn2)cc1. The lowest BCUT2D eigenvalue weighted by Gasteiger charge is -2.27. The first-order valence-corrected chi connectivity index (χ1v) is 11.0. The molecule has 162 valence electrons. The van der Waals surface area contributed by atoms with E-state index in [-0.39, 0.29) is 0 Å². The molecule has 0 aliphatic carbocycles. The highest BCUT2D eigenvalue weighted by Crippen LogP contribution is 2.11. The molecule has 5 nitrogen and oxygen atoms in total. The monoisotopic (exact) mass is 423 g/mol. The van der Waals surface area contributed by atoms with Gasteiger partial charge in [0.15, 0.2) is 0 Å². The lowest BCUT2D eigenvalue weighted by Crippen LogP contribution is -2.34. The third-order valence-corrected chi connectivity index (χ3v) is 5.32. The van der Waals surface area contributed by atoms with Crippen molar-refractivity contribution in [2.75, 3.05) is 13.1 Å². The minimum absolute atomic E-state index is 0.792. The average molecular weight is 424 g/mol. The van der Waals surface area contributed by atoms with Gasteiger partial charge in [-0.25, -0.2) is 0 Å². The summed E-state index contributed by atoms with van der Waals surface area (Å²) in [6, 6.07) is 28.9. The minimum Gasteiger partial charge on any atom is -0.292 e. The summed E-state index contributed by atoms with van der Waals surface area (Å²) in [5, 5.41) is 0. The lowest BCUT2D eigenvalue weighted by atomic mass is 10.2. The van der Waals surface area contributed by atoms with Gasteiger partial charge in [0.05, 0.1) is 17.1 Å². The van der Waals surface area contributed by atoms with Crippen molar-refractivity contribution in [3.63, 3.8) is 0 Å². The molecule has 3 aromatic heterocycles. The molecule has 0 N–H and O–H groups in total. The van der Waals surface area contributed by atoms with Crippen LogP contribution < -0.4 is 0 Å². The fourth-order valence-electron chi connectivity index (χ4n) is 3.71. The van der Waals surface area contributed by atoms with E-state index in [1.165, 1.54) is 5.56 Å². The van der Waals surface area contributed by atoms with Crippen molar-refractivity contribution >= 4 is 0 Å². The molecule has 4 rings (SSSR count). The summed E-state index contributed by atoms with van der Waals surface area (Å²) in [6.07, 6.45) is 5.58. The van der Waals surface area contributed by atoms with Gasteiger partial charge in [0.2, 0.25) is 0 Å². The van der Waals surface area contributed by atoms with Gasteiger partial charge in [-0.1, -0.05) is 48.5 Å². The first-order chi connectivity index (χ1) is 15.8. The number of nitrogens with zero attached hydrogens (tertiary/aromatic N) is 5. The molecule has 0 spiro atoms. The Bertz CT molecular complexity index is 857. The minimum atomic E-state index is 0.792. The second-order valence-corrected chi connectivity index (χ2v) is 7.87. The van der Waals surface area contributed by atoms with Crippen molar-refractivity contribution in [1.82, 2.24) is 24.8 Å². The standard InChI is InChI=1S/C27H29N5/c1-2-10-24(11-3-1)20-31(21-25-12-4-7-15-28-25)18-19-32(22-26-13-5-8-16-29-26)23-27-14-6-9-17-30-27/h1-17H,18-23H2. The summed E-state index contributed by atoms with van der Waals surface area (Å²) in [5.74, 6) is 0. The van der Waals surface area contributed by atoms with E-state index in [0.29, 0.717) is 0 Å². The summed E-state index contributed by atoms with van der Waals surface area (Å²) in [5.41, 5.74) is 4.54. The zero-order valence-electron chi connectivity index (χ0n) is 18.3. The number of hydrogen-bond donors (Lipinski definition) is 0. The molecule has 3 heterocycles. The van der Waals surface area contributed by atoms with Gasteiger partial charge in [-0.05, 0) is 42.0 Å². The third-order valence-electron chi connectivity index (χ3n) is 5.32. The number of aromatic nitrogens is 3. The molecule has 0 aliphatic rings. The molecular weight excluding hydrogens is 394 g/mol. The molecule has 0 saturated carbocycles. The first-order valence-electron chi connectivity index (χ1n) is 11.0. The molecule has 0 saturated heterocycles. The van der Waals surface area contributed by atoms with Gasteiger partial charge in [0.1, 0.15) is 0 Å². The van der Waals surface area contributed by atoms with Crippen molar-refractivity contribution in [1.29, 1.82) is 0 Å². The normalized spacial score (nSPS) is 11.2. The highest BCUT2D eigenvalue weighted by Gasteiger charge is 2.13. The van der Waals surface area contributed by atoms with Crippen LogP contribution in [0.1, 0.15) is 22.6 Å². The van der Waals surface area contributed by atoms with E-state index in [0.717, 1.165) is 56.4 Å². The van der Waals surface area contributed by atoms with Crippen LogP contribution in [0.2, 0.25) is 0 Å². The summed E-state index contributed by atoms with van der Waals surface area (Å²) < 4.78 is 0. The summed E-state index contributed by atoms with van der Waals surface area (Å²) in [6.45, 7) is 5.12. The van der Waals surface area contributed by atoms with Crippen LogP contribution in [0.3, 0.4) is 0 Å². The van der Waals surface area contributed by atoms with E-state index >= 15 is 0 Å². The quantitative estimate of drug-likeness (QED) is 0.353. The zero-order chi connectivity index (χ0) is 21.8. The molecule has 0 bridgehead atoms. The van der Waals surface area contributed by atoms with Gasteiger partial charge in [-0.15, -0.1) is 0 Å². The van der Waals surface area contributed by atoms with Crippen molar-refractivity contribution < 1.29 is 0 Å². The third kappa shape index (κ3) is 7.08. The summed E-state index contributed by atoms with van der Waals surface area (Å²) >= 11 is 0. The van der Waals surface area contributed by atoms with Crippen LogP contribution >= 0.6 is 0 Å². The predicted octanol–water partition coefficient (Wildman–Crippen LogP) is 4.58. The maximum Gasteiger partial charge on any atom is 0.0544 e. The molecule has 0 atom stereocenters. The van der Waals surface area contributed by atoms with Crippen molar-refractivity contribution in [3.8, 4) is 0 Å². The van der Waals surface area contributed by atoms with Crippen molar-refractivity contribution in [2.24, 2.45) is 0 Å². The Labute approximate surface area is 190 Å². The Hall–Kier alpha value is -3.41. The fourth-order valence-corrected chi connectivity index (χ4v) is 3.71. The maximum atomic E-state index is 4.55. The van der Waals surface area contributed by atoms with Gasteiger partial charge in [0, 0.05) is 57.9 Å². The van der Waals surface area contributed by atoms with E-state index in [1.54, 1.807) is 0 Å². The Morgan fingerprint density at radius 3 is 1.25 bits per heavy atom. The molecule has 0 aliphatic heterocycles. The number of hydrogen-bond acceptors (Lipinski definition) is 5. The van der Waals surface area contributed by atoms with Crippen LogP contribution in [0.15, 0.2) is 104 Å². The highest BCUT2D eigenvalue weighted by atomic mass is 15.2. The molecule has 32 heavy (non-hydrogen) atoms. The van der Waals surface area contributed by atoms with Crippen LogP contribution in [0.5, 0.6) is 0 Å². The van der Waals surface area contributed by atoms with E-state index in [4.69, 9.17) is 0 Å². The Balaban J connectivity index is 1.47. The Kier molecular flexibility index (Phi) is 8.07. The van der Waals surface area contributed by atoms with Gasteiger partial charge < -0.3 is 0 Å². The zero-order valence-corrected chi connectivity index (χ0v) is 18.3. The van der Waals surface area contributed by atoms with Gasteiger partial charge in [-0.3, -0.25) is 24.8 Å². The molecular formula is C27H29N5. The number of pyridine rings is 3. The number of rotatable bonds is 11. The van der Waals surface area contributed by atoms with Crippen LogP contribution in [0, 0.1) is 0 Å². The van der Waals surface area contributed by atoms with Crippen LogP contribution in [-0.4, -0.2) is 37.8 Å².